The van der Waals surface area contributed by atoms with Gasteiger partial charge >= 0.3 is 0 Å². The van der Waals surface area contributed by atoms with E-state index in [1.54, 1.807) is 29.7 Å². The first-order valence-electron chi connectivity index (χ1n) is 24.3. The van der Waals surface area contributed by atoms with Crippen LogP contribution in [0.2, 0.25) is 0 Å². The molecule has 2 aliphatic rings. The first-order valence-corrected chi connectivity index (χ1v) is 25.2. The Bertz CT molecular complexity index is 2730. The molecule has 2 aliphatic heterocycles. The van der Waals surface area contributed by atoms with E-state index in [1.807, 2.05) is 111 Å². The minimum Gasteiger partial charge on any atom is -0.497 e. The quantitative estimate of drug-likeness (QED) is 0.0556. The number of aryl methyl sites for hydroxylation is 2. The van der Waals surface area contributed by atoms with Crippen molar-refractivity contribution in [2.45, 2.75) is 90.4 Å². The summed E-state index contributed by atoms with van der Waals surface area (Å²) >= 11 is 1.58. The second-order valence-electron chi connectivity index (χ2n) is 18.3. The van der Waals surface area contributed by atoms with Crippen LogP contribution in [0.1, 0.15) is 74.8 Å². The SMILES string of the molecule is C=C1c2ccccc2CN1[C@H](C(=O)N1C[C@H](O)C[C@H]1C(=O)CCc1cc(-c2scnc2C)ccc1OCCCCOCCCCOc1cccc(-c2cc(Nc3ccc(OC)cc3)ncn2)c1)C(C)C. The van der Waals surface area contributed by atoms with Gasteiger partial charge in [-0.3, -0.25) is 9.59 Å². The molecule has 0 aliphatic carbocycles. The molecule has 0 saturated carbocycles. The number of aliphatic hydroxyl groups excluding tert-OH is 1. The molecule has 0 bridgehead atoms. The Morgan fingerprint density at radius 1 is 0.857 bits per heavy atom. The van der Waals surface area contributed by atoms with Crippen LogP contribution in [-0.2, 0) is 27.3 Å². The Balaban J connectivity index is 0.778. The Morgan fingerprint density at radius 3 is 2.37 bits per heavy atom. The smallest absolute Gasteiger partial charge is 0.246 e. The molecule has 4 aromatic carbocycles. The third-order valence-corrected chi connectivity index (χ3v) is 13.9. The number of anilines is 2. The lowest BCUT2D eigenvalue weighted by atomic mass is 9.97. The fraction of sp³-hybridized carbons (Fsp3) is 0.375. The molecule has 1 amide bonds. The van der Waals surface area contributed by atoms with Crippen molar-refractivity contribution in [3.8, 4) is 38.9 Å². The fourth-order valence-electron chi connectivity index (χ4n) is 9.25. The summed E-state index contributed by atoms with van der Waals surface area (Å²) in [5.74, 6) is 2.75. The number of hydrogen-bond acceptors (Lipinski definition) is 13. The average molecular weight is 965 g/mol. The number of aliphatic hydroxyl groups is 1. The van der Waals surface area contributed by atoms with Crippen LogP contribution in [0.4, 0.5) is 11.5 Å². The molecule has 4 heterocycles. The standard InChI is InChI=1S/C56H64N6O7S/c1-37(2)54(61-33-43-13-6-7-16-48(43)39(61)4)56(65)62-34-45(63)31-50(62)51(64)23-17-41-29-42(55-38(3)59-36-70-55)18-24-52(41)69-28-11-9-26-67-25-8-10-27-68-47-15-12-14-40(30-47)49-32-53(58-35-57-49)60-44-19-21-46(66-5)22-20-44/h6-7,12-16,18-22,24,29-30,32,35-37,45,50,54,63H,4,8-11,17,23,25-28,31,33-34H2,1-3,5H3,(H,57,58,60)/t45-,50+,54+/m1/s1. The molecule has 1 fully saturated rings. The van der Waals surface area contributed by atoms with Gasteiger partial charge in [0.25, 0.3) is 0 Å². The Labute approximate surface area is 415 Å². The number of carbonyl (C=O) groups is 2. The van der Waals surface area contributed by atoms with Crippen LogP contribution in [0, 0.1) is 12.8 Å². The van der Waals surface area contributed by atoms with E-state index in [0.29, 0.717) is 45.2 Å². The van der Waals surface area contributed by atoms with Gasteiger partial charge in [0.05, 0.1) is 54.2 Å². The molecule has 2 aromatic heterocycles. The van der Waals surface area contributed by atoms with Gasteiger partial charge in [-0.05, 0) is 116 Å². The number of benzene rings is 4. The fourth-order valence-corrected chi connectivity index (χ4v) is 10.1. The number of aromatic nitrogens is 3. The maximum absolute atomic E-state index is 14.4. The minimum atomic E-state index is -0.768. The van der Waals surface area contributed by atoms with E-state index in [-0.39, 0.29) is 37.0 Å². The molecule has 2 N–H and O–H groups in total. The molecular weight excluding hydrogens is 901 g/mol. The van der Waals surface area contributed by atoms with Crippen molar-refractivity contribution >= 4 is 40.2 Å². The predicted molar refractivity (Wildman–Crippen MR) is 275 cm³/mol. The van der Waals surface area contributed by atoms with E-state index in [0.717, 1.165) is 98.4 Å². The lowest BCUT2D eigenvalue weighted by Gasteiger charge is -2.36. The lowest BCUT2D eigenvalue weighted by Crippen LogP contribution is -2.52. The molecule has 13 nitrogen and oxygen atoms in total. The third-order valence-electron chi connectivity index (χ3n) is 12.9. The maximum atomic E-state index is 14.4. The number of hydrogen-bond donors (Lipinski definition) is 2. The monoisotopic (exact) mass is 964 g/mol. The number of unbranched alkanes of at least 4 members (excludes halogenated alkanes) is 2. The van der Waals surface area contributed by atoms with Gasteiger partial charge in [-0.1, -0.05) is 56.8 Å². The minimum absolute atomic E-state index is 0.0409. The number of β-amino-alcohol motifs (C(OH)–C–C–N with tert-alkyl or cyclic N) is 1. The highest BCUT2D eigenvalue weighted by Gasteiger charge is 2.44. The normalized spacial score (nSPS) is 15.8. The topological polar surface area (TPSA) is 148 Å². The zero-order chi connectivity index (χ0) is 49.0. The van der Waals surface area contributed by atoms with Gasteiger partial charge in [0.1, 0.15) is 35.4 Å². The Hall–Kier alpha value is -6.61. The molecule has 6 aromatic rings. The predicted octanol–water partition coefficient (Wildman–Crippen LogP) is 10.3. The summed E-state index contributed by atoms with van der Waals surface area (Å²) in [5.41, 5.74) is 10.4. The number of carbonyl (C=O) groups excluding carboxylic acids is 2. The van der Waals surface area contributed by atoms with Crippen LogP contribution in [0.5, 0.6) is 17.2 Å². The Morgan fingerprint density at radius 2 is 1.63 bits per heavy atom. The highest BCUT2D eigenvalue weighted by molar-refractivity contribution is 7.13. The number of nitrogens with one attached hydrogen (secondary N) is 1. The summed E-state index contributed by atoms with van der Waals surface area (Å²) in [6, 6.07) is 30.5. The van der Waals surface area contributed by atoms with Gasteiger partial charge in [0.15, 0.2) is 5.78 Å². The lowest BCUT2D eigenvalue weighted by molar-refractivity contribution is -0.142. The van der Waals surface area contributed by atoms with Gasteiger partial charge in [0, 0.05) is 67.7 Å². The number of rotatable bonds is 24. The first kappa shape index (κ1) is 49.8. The maximum Gasteiger partial charge on any atom is 0.246 e. The van der Waals surface area contributed by atoms with Crippen molar-refractivity contribution in [2.24, 2.45) is 5.92 Å². The second-order valence-corrected chi connectivity index (χ2v) is 19.1. The molecular formula is C56H64N6O7S. The number of methoxy groups -OCH3 is 1. The number of thiazole rings is 1. The number of Topliss-reactive ketones (excluding diaryl/α,β-unsaturated/α-hetero) is 1. The number of ether oxygens (including phenoxy) is 4. The summed E-state index contributed by atoms with van der Waals surface area (Å²) in [4.78, 5) is 46.6. The van der Waals surface area contributed by atoms with Gasteiger partial charge < -0.3 is 39.2 Å². The van der Waals surface area contributed by atoms with Crippen molar-refractivity contribution in [3.63, 3.8) is 0 Å². The molecule has 1 saturated heterocycles. The molecule has 0 spiro atoms. The Kier molecular flexibility index (Phi) is 16.9. The van der Waals surface area contributed by atoms with Gasteiger partial charge in [-0.2, -0.15) is 0 Å². The van der Waals surface area contributed by atoms with Gasteiger partial charge in [-0.15, -0.1) is 11.3 Å². The average Bonchev–Trinajstić information content (AvgIpc) is 4.08. The molecule has 8 rings (SSSR count). The highest BCUT2D eigenvalue weighted by atomic mass is 32.1. The summed E-state index contributed by atoms with van der Waals surface area (Å²) in [7, 11) is 1.64. The molecule has 0 unspecified atom stereocenters. The molecule has 70 heavy (non-hydrogen) atoms. The zero-order valence-corrected chi connectivity index (χ0v) is 41.5. The molecule has 366 valence electrons. The number of amides is 1. The third kappa shape index (κ3) is 12.4. The van der Waals surface area contributed by atoms with Crippen LogP contribution in [0.3, 0.4) is 0 Å². The summed E-state index contributed by atoms with van der Waals surface area (Å²) in [6.45, 7) is 13.5. The largest absolute Gasteiger partial charge is 0.497 e. The van der Waals surface area contributed by atoms with Crippen molar-refractivity contribution < 1.29 is 33.6 Å². The van der Waals surface area contributed by atoms with Crippen molar-refractivity contribution in [3.05, 3.63) is 138 Å². The van der Waals surface area contributed by atoms with Crippen molar-refractivity contribution in [1.29, 1.82) is 0 Å². The van der Waals surface area contributed by atoms with Crippen LogP contribution < -0.4 is 19.5 Å². The van der Waals surface area contributed by atoms with Crippen LogP contribution >= 0.6 is 11.3 Å². The van der Waals surface area contributed by atoms with Crippen molar-refractivity contribution in [2.75, 3.05) is 45.4 Å². The van der Waals surface area contributed by atoms with E-state index in [4.69, 9.17) is 18.9 Å². The van der Waals surface area contributed by atoms with Crippen molar-refractivity contribution in [1.82, 2.24) is 24.8 Å². The van der Waals surface area contributed by atoms with E-state index in [1.165, 1.54) is 0 Å². The van der Waals surface area contributed by atoms with E-state index < -0.39 is 18.2 Å². The first-order chi connectivity index (χ1) is 34.1. The summed E-state index contributed by atoms with van der Waals surface area (Å²) in [5, 5.41) is 14.2. The van der Waals surface area contributed by atoms with Gasteiger partial charge in [-0.25, -0.2) is 15.0 Å². The van der Waals surface area contributed by atoms with Crippen LogP contribution in [0.15, 0.2) is 115 Å². The van der Waals surface area contributed by atoms with E-state index in [9.17, 15) is 14.7 Å². The zero-order valence-electron chi connectivity index (χ0n) is 40.6. The number of fused-ring (bicyclic) bond motifs is 1. The molecule has 0 radical (unpaired) electrons. The summed E-state index contributed by atoms with van der Waals surface area (Å²) < 4.78 is 23.7. The molecule has 3 atom stereocenters. The summed E-state index contributed by atoms with van der Waals surface area (Å²) in [6.07, 6.45) is 5.04. The highest BCUT2D eigenvalue weighted by Crippen LogP contribution is 2.37. The van der Waals surface area contributed by atoms with Gasteiger partial charge in [0.2, 0.25) is 5.91 Å². The van der Waals surface area contributed by atoms with Crippen LogP contribution in [0.25, 0.3) is 27.4 Å². The molecule has 14 heteroatoms. The number of nitrogens with zero attached hydrogens (tertiary/aromatic N) is 5. The number of likely N-dealkylation sites (tertiary alicyclic amines) is 1. The van der Waals surface area contributed by atoms with Crippen LogP contribution in [-0.4, -0.2) is 99.8 Å². The number of ketones is 1. The van der Waals surface area contributed by atoms with E-state index >= 15 is 0 Å². The van der Waals surface area contributed by atoms with E-state index in [2.05, 4.69) is 43.9 Å². The second kappa shape index (κ2) is 23.8.